The van der Waals surface area contributed by atoms with Gasteiger partial charge in [-0.05, 0) is 38.5 Å². The molecule has 1 amide bonds. The lowest BCUT2D eigenvalue weighted by atomic mass is 9.92. The number of likely N-dealkylation sites (tertiary alicyclic amines) is 1. The highest BCUT2D eigenvalue weighted by molar-refractivity contribution is 5.85. The van der Waals surface area contributed by atoms with E-state index in [9.17, 15) is 4.79 Å². The smallest absolute Gasteiger partial charge is 0.228 e. The van der Waals surface area contributed by atoms with Gasteiger partial charge in [0.2, 0.25) is 5.91 Å². The molecule has 80 valence electrons. The third kappa shape index (κ3) is 1.67. The summed E-state index contributed by atoms with van der Waals surface area (Å²) in [4.78, 5) is 14.2. The summed E-state index contributed by atoms with van der Waals surface area (Å²) in [7, 11) is 0. The van der Waals surface area contributed by atoms with Crippen LogP contribution in [0.2, 0.25) is 0 Å². The topological polar surface area (TPSA) is 20.3 Å². The van der Waals surface area contributed by atoms with Crippen molar-refractivity contribution in [3.8, 4) is 0 Å². The van der Waals surface area contributed by atoms with Crippen molar-refractivity contribution in [2.45, 2.75) is 52.5 Å². The maximum Gasteiger partial charge on any atom is 0.228 e. The lowest BCUT2D eigenvalue weighted by Gasteiger charge is -2.38. The van der Waals surface area contributed by atoms with Gasteiger partial charge >= 0.3 is 0 Å². The Labute approximate surface area is 86.7 Å². The zero-order valence-electron chi connectivity index (χ0n) is 9.55. The summed E-state index contributed by atoms with van der Waals surface area (Å²) in [5.41, 5.74) is 0.0227. The van der Waals surface area contributed by atoms with Crippen molar-refractivity contribution in [2.75, 3.05) is 6.54 Å². The van der Waals surface area contributed by atoms with Crippen molar-refractivity contribution in [1.82, 2.24) is 4.90 Å². The van der Waals surface area contributed by atoms with Crippen molar-refractivity contribution >= 4 is 5.91 Å². The van der Waals surface area contributed by atoms with Gasteiger partial charge in [-0.3, -0.25) is 4.79 Å². The van der Waals surface area contributed by atoms with E-state index in [0.29, 0.717) is 11.9 Å². The Bertz CT molecular complexity index is 245. The van der Waals surface area contributed by atoms with Gasteiger partial charge < -0.3 is 4.90 Å². The number of amides is 1. The van der Waals surface area contributed by atoms with E-state index in [1.54, 1.807) is 0 Å². The Morgan fingerprint density at radius 2 is 2.00 bits per heavy atom. The Morgan fingerprint density at radius 3 is 2.50 bits per heavy atom. The summed E-state index contributed by atoms with van der Waals surface area (Å²) in [5.74, 6) is 1.21. The molecule has 2 fully saturated rings. The number of hydrogen-bond donors (Lipinski definition) is 0. The number of carbonyl (C=O) groups excluding carboxylic acids is 1. The van der Waals surface area contributed by atoms with E-state index in [4.69, 9.17) is 0 Å². The first-order valence-corrected chi connectivity index (χ1v) is 5.84. The van der Waals surface area contributed by atoms with Crippen LogP contribution in [0.4, 0.5) is 0 Å². The zero-order chi connectivity index (χ0) is 10.3. The van der Waals surface area contributed by atoms with Crippen LogP contribution in [0, 0.1) is 11.3 Å². The minimum Gasteiger partial charge on any atom is -0.340 e. The summed E-state index contributed by atoms with van der Waals surface area (Å²) < 4.78 is 0. The van der Waals surface area contributed by atoms with Crippen molar-refractivity contribution in [1.29, 1.82) is 0 Å². The largest absolute Gasteiger partial charge is 0.340 e. The average molecular weight is 195 g/mol. The summed E-state index contributed by atoms with van der Waals surface area (Å²) in [6.45, 7) is 7.58. The van der Waals surface area contributed by atoms with Gasteiger partial charge in [-0.1, -0.05) is 13.8 Å². The molecular formula is C12H21NO. The van der Waals surface area contributed by atoms with Gasteiger partial charge in [-0.15, -0.1) is 0 Å². The number of nitrogens with zero attached hydrogens (tertiary/aromatic N) is 1. The second-order valence-electron chi connectivity index (χ2n) is 5.54. The van der Waals surface area contributed by atoms with Gasteiger partial charge in [0.1, 0.15) is 0 Å². The normalized spacial score (nSPS) is 35.5. The van der Waals surface area contributed by atoms with Crippen LogP contribution in [-0.2, 0) is 4.79 Å². The van der Waals surface area contributed by atoms with Crippen LogP contribution in [0.15, 0.2) is 0 Å². The van der Waals surface area contributed by atoms with E-state index in [1.807, 2.05) is 0 Å². The van der Waals surface area contributed by atoms with Gasteiger partial charge in [0.05, 0.1) is 0 Å². The van der Waals surface area contributed by atoms with Gasteiger partial charge in [-0.2, -0.15) is 0 Å². The molecule has 0 aromatic carbocycles. The van der Waals surface area contributed by atoms with Gasteiger partial charge in [0.15, 0.2) is 0 Å². The third-order valence-electron chi connectivity index (χ3n) is 3.92. The van der Waals surface area contributed by atoms with E-state index in [2.05, 4.69) is 25.7 Å². The minimum absolute atomic E-state index is 0.0227. The molecule has 2 atom stereocenters. The Hall–Kier alpha value is -0.530. The van der Waals surface area contributed by atoms with Crippen molar-refractivity contribution in [3.63, 3.8) is 0 Å². The minimum atomic E-state index is 0.0227. The van der Waals surface area contributed by atoms with Crippen LogP contribution in [0.25, 0.3) is 0 Å². The molecule has 1 saturated carbocycles. The van der Waals surface area contributed by atoms with E-state index < -0.39 is 0 Å². The maximum atomic E-state index is 12.1. The van der Waals surface area contributed by atoms with E-state index in [1.165, 1.54) is 12.8 Å². The number of rotatable bonds is 1. The van der Waals surface area contributed by atoms with Crippen LogP contribution in [0.3, 0.4) is 0 Å². The summed E-state index contributed by atoms with van der Waals surface area (Å²) in [5, 5.41) is 0. The lowest BCUT2D eigenvalue weighted by molar-refractivity contribution is -0.140. The number of hydrogen-bond acceptors (Lipinski definition) is 1. The molecule has 1 aliphatic heterocycles. The monoisotopic (exact) mass is 195 g/mol. The highest BCUT2D eigenvalue weighted by Crippen LogP contribution is 2.47. The molecule has 0 aromatic rings. The maximum absolute atomic E-state index is 12.1. The second kappa shape index (κ2) is 3.25. The standard InChI is InChI=1S/C12H21NO/c1-9-4-7-13(10(2)8-9)11(14)12(3)5-6-12/h9-10H,4-8H2,1-3H3/t9?,10-/m1/s1. The quantitative estimate of drug-likeness (QED) is 0.629. The fourth-order valence-electron chi connectivity index (χ4n) is 2.46. The molecule has 2 aliphatic rings. The summed E-state index contributed by atoms with van der Waals surface area (Å²) in [6.07, 6.45) is 4.57. The zero-order valence-corrected chi connectivity index (χ0v) is 9.55. The van der Waals surface area contributed by atoms with Crippen molar-refractivity contribution in [3.05, 3.63) is 0 Å². The molecule has 0 aromatic heterocycles. The predicted molar refractivity (Wildman–Crippen MR) is 56.9 cm³/mol. The SMILES string of the molecule is CC1CCN(C(=O)C2(C)CC2)[C@H](C)C1. The fraction of sp³-hybridized carbons (Fsp3) is 0.917. The molecule has 0 bridgehead atoms. The van der Waals surface area contributed by atoms with E-state index >= 15 is 0 Å². The second-order valence-corrected chi connectivity index (χ2v) is 5.54. The van der Waals surface area contributed by atoms with Crippen LogP contribution in [0.1, 0.15) is 46.5 Å². The predicted octanol–water partition coefficient (Wildman–Crippen LogP) is 2.43. The highest BCUT2D eigenvalue weighted by Gasteiger charge is 2.48. The molecule has 1 unspecified atom stereocenters. The first kappa shape index (κ1) is 10.0. The molecule has 0 spiro atoms. The third-order valence-corrected chi connectivity index (χ3v) is 3.92. The summed E-state index contributed by atoms with van der Waals surface area (Å²) in [6, 6.07) is 0.462. The Morgan fingerprint density at radius 1 is 1.36 bits per heavy atom. The number of piperidine rings is 1. The van der Waals surface area contributed by atoms with E-state index in [-0.39, 0.29) is 5.41 Å². The first-order chi connectivity index (χ1) is 6.53. The van der Waals surface area contributed by atoms with Crippen LogP contribution in [-0.4, -0.2) is 23.4 Å². The molecule has 2 nitrogen and oxygen atoms in total. The van der Waals surface area contributed by atoms with Crippen LogP contribution >= 0.6 is 0 Å². The van der Waals surface area contributed by atoms with Gasteiger partial charge in [-0.25, -0.2) is 0 Å². The molecule has 2 heteroatoms. The Kier molecular flexibility index (Phi) is 2.32. The molecule has 2 rings (SSSR count). The fourth-order valence-corrected chi connectivity index (χ4v) is 2.46. The molecular weight excluding hydrogens is 174 g/mol. The summed E-state index contributed by atoms with van der Waals surface area (Å²) >= 11 is 0. The first-order valence-electron chi connectivity index (χ1n) is 5.84. The van der Waals surface area contributed by atoms with Crippen LogP contribution < -0.4 is 0 Å². The molecule has 1 aliphatic carbocycles. The Balaban J connectivity index is 2.00. The van der Waals surface area contributed by atoms with Gasteiger partial charge in [0.25, 0.3) is 0 Å². The van der Waals surface area contributed by atoms with Crippen molar-refractivity contribution < 1.29 is 4.79 Å². The molecule has 0 radical (unpaired) electrons. The van der Waals surface area contributed by atoms with E-state index in [0.717, 1.165) is 25.3 Å². The van der Waals surface area contributed by atoms with Crippen LogP contribution in [0.5, 0.6) is 0 Å². The lowest BCUT2D eigenvalue weighted by Crippen LogP contribution is -2.46. The molecule has 1 heterocycles. The average Bonchev–Trinajstić information content (AvgIpc) is 2.84. The molecule has 0 N–H and O–H groups in total. The van der Waals surface area contributed by atoms with Gasteiger partial charge in [0, 0.05) is 18.0 Å². The molecule has 1 saturated heterocycles. The number of carbonyl (C=O) groups is 1. The highest BCUT2D eigenvalue weighted by atomic mass is 16.2. The van der Waals surface area contributed by atoms with Crippen molar-refractivity contribution in [2.24, 2.45) is 11.3 Å². The molecule has 14 heavy (non-hydrogen) atoms.